The van der Waals surface area contributed by atoms with Crippen LogP contribution in [0.4, 0.5) is 0 Å². The Bertz CT molecular complexity index is 1240. The second-order valence-electron chi connectivity index (χ2n) is 8.92. The predicted molar refractivity (Wildman–Crippen MR) is 141 cm³/mol. The molecule has 5 heteroatoms. The zero-order chi connectivity index (χ0) is 23.9. The molecule has 0 bridgehead atoms. The minimum Gasteiger partial charge on any atom is -0.490 e. The summed E-state index contributed by atoms with van der Waals surface area (Å²) >= 11 is 0. The zero-order valence-corrected chi connectivity index (χ0v) is 20.3. The third kappa shape index (κ3) is 5.64. The second-order valence-corrected chi connectivity index (χ2v) is 8.92. The van der Waals surface area contributed by atoms with Crippen molar-refractivity contribution in [2.75, 3.05) is 32.8 Å². The van der Waals surface area contributed by atoms with E-state index in [1.54, 1.807) is 0 Å². The molecule has 0 radical (unpaired) electrons. The number of hydrogen-bond donors (Lipinski definition) is 1. The standard InChI is InChI=1S/C30H33N3O2/c1-2-34-29-20-25(13-14-28(29)35-22-23-9-4-3-5-10-23)30(33-17-8-15-31-16-18-33)26-19-24-11-6-7-12-27(24)32-21-26/h3-7,9-14,19-21,30-31H,2,8,15-18,22H2,1H3. The van der Waals surface area contributed by atoms with Crippen LogP contribution in [0.5, 0.6) is 11.5 Å². The van der Waals surface area contributed by atoms with Gasteiger partial charge in [-0.2, -0.15) is 0 Å². The lowest BCUT2D eigenvalue weighted by Gasteiger charge is -2.31. The molecule has 2 heterocycles. The van der Waals surface area contributed by atoms with Gasteiger partial charge in [0.05, 0.1) is 18.2 Å². The first kappa shape index (κ1) is 23.3. The van der Waals surface area contributed by atoms with E-state index in [9.17, 15) is 0 Å². The summed E-state index contributed by atoms with van der Waals surface area (Å²) in [5, 5.41) is 4.70. The van der Waals surface area contributed by atoms with Crippen LogP contribution in [0.2, 0.25) is 0 Å². The molecule has 1 atom stereocenters. The fourth-order valence-electron chi connectivity index (χ4n) is 4.79. The van der Waals surface area contributed by atoms with E-state index in [1.807, 2.05) is 37.4 Å². The van der Waals surface area contributed by atoms with E-state index in [4.69, 9.17) is 14.5 Å². The van der Waals surface area contributed by atoms with Gasteiger partial charge in [0.1, 0.15) is 6.61 Å². The molecule has 0 amide bonds. The molecule has 3 aromatic carbocycles. The average Bonchev–Trinajstić information content (AvgIpc) is 3.19. The van der Waals surface area contributed by atoms with Gasteiger partial charge in [-0.1, -0.05) is 54.6 Å². The van der Waals surface area contributed by atoms with Crippen molar-refractivity contribution in [3.8, 4) is 11.5 Å². The molecule has 0 aliphatic carbocycles. The molecule has 35 heavy (non-hydrogen) atoms. The Morgan fingerprint density at radius 1 is 0.857 bits per heavy atom. The normalized spacial score (nSPS) is 15.5. The summed E-state index contributed by atoms with van der Waals surface area (Å²) in [7, 11) is 0. The highest BCUT2D eigenvalue weighted by Gasteiger charge is 2.25. The monoisotopic (exact) mass is 467 g/mol. The number of rotatable bonds is 8. The van der Waals surface area contributed by atoms with Crippen molar-refractivity contribution in [3.05, 3.63) is 102 Å². The van der Waals surface area contributed by atoms with Gasteiger partial charge in [0, 0.05) is 31.2 Å². The van der Waals surface area contributed by atoms with Gasteiger partial charge in [-0.05, 0) is 60.8 Å². The molecular formula is C30H33N3O2. The number of hydrogen-bond acceptors (Lipinski definition) is 5. The fourth-order valence-corrected chi connectivity index (χ4v) is 4.79. The molecule has 5 rings (SSSR count). The van der Waals surface area contributed by atoms with Crippen molar-refractivity contribution < 1.29 is 9.47 Å². The molecule has 1 fully saturated rings. The predicted octanol–water partition coefficient (Wildman–Crippen LogP) is 5.60. The maximum absolute atomic E-state index is 6.18. The van der Waals surface area contributed by atoms with Gasteiger partial charge in [0.15, 0.2) is 11.5 Å². The summed E-state index contributed by atoms with van der Waals surface area (Å²) in [4.78, 5) is 7.34. The lowest BCUT2D eigenvalue weighted by atomic mass is 9.96. The van der Waals surface area contributed by atoms with Gasteiger partial charge < -0.3 is 14.8 Å². The Balaban J connectivity index is 1.50. The Kier molecular flexibility index (Phi) is 7.56. The molecule has 5 nitrogen and oxygen atoms in total. The smallest absolute Gasteiger partial charge is 0.161 e. The van der Waals surface area contributed by atoms with Crippen LogP contribution in [0.25, 0.3) is 10.9 Å². The van der Waals surface area contributed by atoms with Crippen molar-refractivity contribution >= 4 is 10.9 Å². The summed E-state index contributed by atoms with van der Waals surface area (Å²) in [5.74, 6) is 1.56. The maximum atomic E-state index is 6.18. The number of aromatic nitrogens is 1. The highest BCUT2D eigenvalue weighted by molar-refractivity contribution is 5.79. The minimum absolute atomic E-state index is 0.0920. The fraction of sp³-hybridized carbons (Fsp3) is 0.300. The first-order valence-corrected chi connectivity index (χ1v) is 12.5. The number of nitrogens with zero attached hydrogens (tertiary/aromatic N) is 2. The van der Waals surface area contributed by atoms with E-state index in [-0.39, 0.29) is 6.04 Å². The quantitative estimate of drug-likeness (QED) is 0.366. The van der Waals surface area contributed by atoms with Gasteiger partial charge in [-0.25, -0.2) is 0 Å². The van der Waals surface area contributed by atoms with Gasteiger partial charge >= 0.3 is 0 Å². The van der Waals surface area contributed by atoms with Crippen LogP contribution >= 0.6 is 0 Å². The molecule has 1 aliphatic heterocycles. The Hall–Kier alpha value is -3.41. The highest BCUT2D eigenvalue weighted by atomic mass is 16.5. The van der Waals surface area contributed by atoms with Crippen molar-refractivity contribution in [2.45, 2.75) is 26.0 Å². The lowest BCUT2D eigenvalue weighted by molar-refractivity contribution is 0.238. The molecule has 1 saturated heterocycles. The lowest BCUT2D eigenvalue weighted by Crippen LogP contribution is -2.33. The summed E-state index contributed by atoms with van der Waals surface area (Å²) in [6.07, 6.45) is 3.15. The first-order valence-electron chi connectivity index (χ1n) is 12.5. The van der Waals surface area contributed by atoms with Crippen LogP contribution < -0.4 is 14.8 Å². The number of para-hydroxylation sites is 1. The largest absolute Gasteiger partial charge is 0.490 e. The van der Waals surface area contributed by atoms with E-state index < -0.39 is 0 Å². The van der Waals surface area contributed by atoms with Gasteiger partial charge in [-0.15, -0.1) is 0 Å². The molecule has 1 unspecified atom stereocenters. The van der Waals surface area contributed by atoms with E-state index >= 15 is 0 Å². The molecule has 1 aromatic heterocycles. The van der Waals surface area contributed by atoms with E-state index in [0.717, 1.165) is 60.6 Å². The summed E-state index contributed by atoms with van der Waals surface area (Å²) in [6, 6.07) is 27.3. The van der Waals surface area contributed by atoms with Crippen LogP contribution in [0.3, 0.4) is 0 Å². The van der Waals surface area contributed by atoms with Crippen molar-refractivity contribution in [1.29, 1.82) is 0 Å². The maximum Gasteiger partial charge on any atom is 0.161 e. The first-order chi connectivity index (χ1) is 17.3. The average molecular weight is 468 g/mol. The van der Waals surface area contributed by atoms with Crippen molar-refractivity contribution in [1.82, 2.24) is 15.2 Å². The number of fused-ring (bicyclic) bond motifs is 1. The van der Waals surface area contributed by atoms with Gasteiger partial charge in [-0.3, -0.25) is 9.88 Å². The minimum atomic E-state index is 0.0920. The van der Waals surface area contributed by atoms with Crippen LogP contribution in [0.1, 0.15) is 36.1 Å². The van der Waals surface area contributed by atoms with Gasteiger partial charge in [0.25, 0.3) is 0 Å². The van der Waals surface area contributed by atoms with Crippen LogP contribution in [-0.4, -0.2) is 42.7 Å². The topological polar surface area (TPSA) is 46.6 Å². The molecule has 1 N–H and O–H groups in total. The molecule has 0 saturated carbocycles. The molecule has 0 spiro atoms. The molecule has 1 aliphatic rings. The van der Waals surface area contributed by atoms with Crippen LogP contribution in [0.15, 0.2) is 85.1 Å². The number of benzene rings is 3. The van der Waals surface area contributed by atoms with E-state index in [2.05, 4.69) is 64.8 Å². The number of ether oxygens (including phenoxy) is 2. The third-order valence-corrected chi connectivity index (χ3v) is 6.49. The third-order valence-electron chi connectivity index (χ3n) is 6.49. The molecule has 180 valence electrons. The molecule has 4 aromatic rings. The summed E-state index contributed by atoms with van der Waals surface area (Å²) in [6.45, 7) is 7.15. The van der Waals surface area contributed by atoms with E-state index in [1.165, 1.54) is 11.1 Å². The van der Waals surface area contributed by atoms with Crippen molar-refractivity contribution in [2.24, 2.45) is 0 Å². The van der Waals surface area contributed by atoms with Gasteiger partial charge in [0.2, 0.25) is 0 Å². The SMILES string of the molecule is CCOc1cc(C(c2cnc3ccccc3c2)N2CCCNCC2)ccc1OCc1ccccc1. The van der Waals surface area contributed by atoms with Crippen LogP contribution in [-0.2, 0) is 6.61 Å². The molecular weight excluding hydrogens is 434 g/mol. The Labute approximate surface area is 207 Å². The Morgan fingerprint density at radius 2 is 1.71 bits per heavy atom. The highest BCUT2D eigenvalue weighted by Crippen LogP contribution is 2.36. The van der Waals surface area contributed by atoms with E-state index in [0.29, 0.717) is 13.2 Å². The van der Waals surface area contributed by atoms with Crippen LogP contribution in [0, 0.1) is 0 Å². The number of pyridine rings is 1. The van der Waals surface area contributed by atoms with Crippen molar-refractivity contribution in [3.63, 3.8) is 0 Å². The summed E-state index contributed by atoms with van der Waals surface area (Å²) in [5.41, 5.74) is 4.55. The zero-order valence-electron chi connectivity index (χ0n) is 20.3. The second kappa shape index (κ2) is 11.3. The summed E-state index contributed by atoms with van der Waals surface area (Å²) < 4.78 is 12.2. The Morgan fingerprint density at radius 3 is 2.60 bits per heavy atom. The number of nitrogens with one attached hydrogen (secondary N) is 1.